The molecule has 0 bridgehead atoms. The summed E-state index contributed by atoms with van der Waals surface area (Å²) < 4.78 is 9.72. The van der Waals surface area contributed by atoms with Crippen molar-refractivity contribution < 1.29 is 23.9 Å². The zero-order valence-electron chi connectivity index (χ0n) is 16.0. The van der Waals surface area contributed by atoms with Gasteiger partial charge in [-0.05, 0) is 37.3 Å². The Kier molecular flexibility index (Phi) is 8.45. The Morgan fingerprint density at radius 3 is 2.38 bits per heavy atom. The number of ether oxygens (including phenoxy) is 2. The van der Waals surface area contributed by atoms with Crippen LogP contribution in [0.2, 0.25) is 5.02 Å². The fourth-order valence-corrected chi connectivity index (χ4v) is 2.50. The lowest BCUT2D eigenvalue weighted by molar-refractivity contribution is -0.117. The second kappa shape index (κ2) is 11.0. The van der Waals surface area contributed by atoms with E-state index in [1.807, 2.05) is 0 Å². The van der Waals surface area contributed by atoms with Crippen LogP contribution in [0.4, 0.5) is 16.2 Å². The van der Waals surface area contributed by atoms with Crippen LogP contribution < -0.4 is 16.0 Å². The van der Waals surface area contributed by atoms with Crippen LogP contribution >= 0.6 is 11.6 Å². The van der Waals surface area contributed by atoms with Crippen molar-refractivity contribution in [3.63, 3.8) is 0 Å². The minimum atomic E-state index is -0.811. The molecule has 1 atom stereocenters. The number of hydrogen-bond acceptors (Lipinski definition) is 5. The zero-order valence-corrected chi connectivity index (χ0v) is 16.8. The molecular formula is C20H22ClN3O5. The van der Waals surface area contributed by atoms with Crippen molar-refractivity contribution in [1.82, 2.24) is 5.32 Å². The summed E-state index contributed by atoms with van der Waals surface area (Å²) in [6.45, 7) is 1.97. The van der Waals surface area contributed by atoms with E-state index in [1.165, 1.54) is 7.11 Å². The molecule has 0 aliphatic rings. The predicted molar refractivity (Wildman–Crippen MR) is 110 cm³/mol. The van der Waals surface area contributed by atoms with Crippen molar-refractivity contribution >= 4 is 40.9 Å². The quantitative estimate of drug-likeness (QED) is 0.569. The van der Waals surface area contributed by atoms with Crippen molar-refractivity contribution in [1.29, 1.82) is 0 Å². The van der Waals surface area contributed by atoms with Crippen molar-refractivity contribution in [2.75, 3.05) is 31.0 Å². The van der Waals surface area contributed by atoms with Crippen LogP contribution in [0.5, 0.6) is 0 Å². The van der Waals surface area contributed by atoms with E-state index < -0.39 is 23.9 Å². The van der Waals surface area contributed by atoms with Crippen LogP contribution in [-0.4, -0.2) is 44.3 Å². The van der Waals surface area contributed by atoms with E-state index in [0.29, 0.717) is 23.0 Å². The van der Waals surface area contributed by atoms with Gasteiger partial charge in [-0.15, -0.1) is 0 Å². The lowest BCUT2D eigenvalue weighted by Crippen LogP contribution is -2.41. The highest BCUT2D eigenvalue weighted by Crippen LogP contribution is 2.17. The first-order chi connectivity index (χ1) is 13.9. The molecule has 0 aliphatic carbocycles. The third kappa shape index (κ3) is 7.10. The summed E-state index contributed by atoms with van der Waals surface area (Å²) >= 11 is 6.00. The summed E-state index contributed by atoms with van der Waals surface area (Å²) in [6, 6.07) is 12.3. The summed E-state index contributed by atoms with van der Waals surface area (Å²) in [7, 11) is 1.51. The van der Waals surface area contributed by atoms with Gasteiger partial charge < -0.3 is 20.1 Å². The average molecular weight is 420 g/mol. The second-order valence-corrected chi connectivity index (χ2v) is 6.41. The van der Waals surface area contributed by atoms with Gasteiger partial charge in [0.1, 0.15) is 12.6 Å². The standard InChI is InChI=1S/C20H22ClN3O5/c1-13(22-19(26)16-8-3-4-9-17(16)21)18(25)23-14-6-5-7-15(12-14)24-20(27)29-11-10-28-2/h3-9,12-13H,10-11H2,1-2H3,(H,22,26)(H,23,25)(H,24,27). The molecule has 0 saturated heterocycles. The van der Waals surface area contributed by atoms with Gasteiger partial charge in [-0.1, -0.05) is 29.8 Å². The molecule has 0 aliphatic heterocycles. The molecule has 2 rings (SSSR count). The monoisotopic (exact) mass is 419 g/mol. The number of amides is 3. The van der Waals surface area contributed by atoms with Gasteiger partial charge in [0.05, 0.1) is 17.2 Å². The number of methoxy groups -OCH3 is 1. The Hall–Kier alpha value is -3.10. The van der Waals surface area contributed by atoms with E-state index in [2.05, 4.69) is 16.0 Å². The number of carbonyl (C=O) groups excluding carboxylic acids is 3. The molecule has 1 unspecified atom stereocenters. The number of nitrogens with one attached hydrogen (secondary N) is 3. The third-order valence-electron chi connectivity index (χ3n) is 3.76. The maximum absolute atomic E-state index is 12.4. The van der Waals surface area contributed by atoms with Gasteiger partial charge in [-0.25, -0.2) is 4.79 Å². The number of halogens is 1. The first kappa shape index (κ1) is 22.2. The Bertz CT molecular complexity index is 875. The van der Waals surface area contributed by atoms with Gasteiger partial charge in [-0.3, -0.25) is 14.9 Å². The number of anilines is 2. The molecule has 0 heterocycles. The molecule has 0 fully saturated rings. The Morgan fingerprint density at radius 2 is 1.69 bits per heavy atom. The summed E-state index contributed by atoms with van der Waals surface area (Å²) in [4.78, 5) is 36.3. The molecule has 0 spiro atoms. The minimum Gasteiger partial charge on any atom is -0.447 e. The molecule has 154 valence electrons. The fraction of sp³-hybridized carbons (Fsp3) is 0.250. The molecule has 3 amide bonds. The number of benzene rings is 2. The van der Waals surface area contributed by atoms with Crippen LogP contribution in [0.3, 0.4) is 0 Å². The van der Waals surface area contributed by atoms with Crippen molar-refractivity contribution in [2.45, 2.75) is 13.0 Å². The molecule has 9 heteroatoms. The number of hydrogen-bond donors (Lipinski definition) is 3. The summed E-state index contributed by atoms with van der Waals surface area (Å²) in [5, 5.41) is 8.13. The average Bonchev–Trinajstić information content (AvgIpc) is 2.68. The number of carbonyl (C=O) groups is 3. The van der Waals surface area contributed by atoms with Gasteiger partial charge in [-0.2, -0.15) is 0 Å². The molecular weight excluding hydrogens is 398 g/mol. The van der Waals surface area contributed by atoms with Gasteiger partial charge in [0, 0.05) is 18.5 Å². The van der Waals surface area contributed by atoms with Gasteiger partial charge in [0.2, 0.25) is 5.91 Å². The van der Waals surface area contributed by atoms with Crippen molar-refractivity contribution in [3.05, 3.63) is 59.1 Å². The smallest absolute Gasteiger partial charge is 0.411 e. The van der Waals surface area contributed by atoms with Gasteiger partial charge >= 0.3 is 6.09 Å². The van der Waals surface area contributed by atoms with Crippen molar-refractivity contribution in [2.24, 2.45) is 0 Å². The first-order valence-electron chi connectivity index (χ1n) is 8.79. The zero-order chi connectivity index (χ0) is 21.2. The Labute approximate surface area is 173 Å². The van der Waals surface area contributed by atoms with Gasteiger partial charge in [0.15, 0.2) is 0 Å². The Balaban J connectivity index is 1.92. The third-order valence-corrected chi connectivity index (χ3v) is 4.09. The van der Waals surface area contributed by atoms with Crippen LogP contribution in [0, 0.1) is 0 Å². The highest BCUT2D eigenvalue weighted by molar-refractivity contribution is 6.33. The molecule has 2 aromatic carbocycles. The summed E-state index contributed by atoms with van der Waals surface area (Å²) in [6.07, 6.45) is -0.633. The highest BCUT2D eigenvalue weighted by atomic mass is 35.5. The molecule has 3 N–H and O–H groups in total. The number of rotatable bonds is 8. The second-order valence-electron chi connectivity index (χ2n) is 6.00. The largest absolute Gasteiger partial charge is 0.447 e. The SMILES string of the molecule is COCCOC(=O)Nc1cccc(NC(=O)C(C)NC(=O)c2ccccc2Cl)c1. The van der Waals surface area contributed by atoms with Gasteiger partial charge in [0.25, 0.3) is 5.91 Å². The van der Waals surface area contributed by atoms with E-state index in [1.54, 1.807) is 55.5 Å². The highest BCUT2D eigenvalue weighted by Gasteiger charge is 2.18. The van der Waals surface area contributed by atoms with E-state index in [-0.39, 0.29) is 12.2 Å². The lowest BCUT2D eigenvalue weighted by atomic mass is 10.2. The fourth-order valence-electron chi connectivity index (χ4n) is 2.28. The molecule has 2 aromatic rings. The maximum atomic E-state index is 12.4. The van der Waals surface area contributed by atoms with E-state index >= 15 is 0 Å². The van der Waals surface area contributed by atoms with E-state index in [9.17, 15) is 14.4 Å². The van der Waals surface area contributed by atoms with E-state index in [4.69, 9.17) is 21.1 Å². The van der Waals surface area contributed by atoms with Crippen LogP contribution in [0.15, 0.2) is 48.5 Å². The normalized spacial score (nSPS) is 11.3. The summed E-state index contributed by atoms with van der Waals surface area (Å²) in [5.41, 5.74) is 1.17. The van der Waals surface area contributed by atoms with Crippen LogP contribution in [0.1, 0.15) is 17.3 Å². The van der Waals surface area contributed by atoms with Crippen LogP contribution in [-0.2, 0) is 14.3 Å². The topological polar surface area (TPSA) is 106 Å². The first-order valence-corrected chi connectivity index (χ1v) is 9.17. The molecule has 0 aromatic heterocycles. The van der Waals surface area contributed by atoms with E-state index in [0.717, 1.165) is 0 Å². The minimum absolute atomic E-state index is 0.126. The molecule has 0 radical (unpaired) electrons. The summed E-state index contributed by atoms with van der Waals surface area (Å²) in [5.74, 6) is -0.877. The molecule has 0 saturated carbocycles. The van der Waals surface area contributed by atoms with Crippen molar-refractivity contribution in [3.8, 4) is 0 Å². The lowest BCUT2D eigenvalue weighted by Gasteiger charge is -2.15. The molecule has 8 nitrogen and oxygen atoms in total. The predicted octanol–water partition coefficient (Wildman–Crippen LogP) is 3.29. The molecule has 29 heavy (non-hydrogen) atoms. The van der Waals surface area contributed by atoms with Crippen LogP contribution in [0.25, 0.3) is 0 Å². The Morgan fingerprint density at radius 1 is 1.00 bits per heavy atom. The maximum Gasteiger partial charge on any atom is 0.411 e.